The van der Waals surface area contributed by atoms with E-state index >= 15 is 0 Å². The van der Waals surface area contributed by atoms with Crippen LogP contribution in [-0.2, 0) is 0 Å². The fourth-order valence-corrected chi connectivity index (χ4v) is 1.88. The van der Waals surface area contributed by atoms with Crippen LogP contribution < -0.4 is 0 Å². The molecule has 0 saturated heterocycles. The minimum atomic E-state index is 0.784. The molecular formula is C16H17N3. The van der Waals surface area contributed by atoms with Crippen LogP contribution in [0.15, 0.2) is 66.2 Å². The van der Waals surface area contributed by atoms with Crippen LogP contribution in [0.1, 0.15) is 5.69 Å². The van der Waals surface area contributed by atoms with Gasteiger partial charge in [0.1, 0.15) is 5.84 Å². The van der Waals surface area contributed by atoms with E-state index in [0.29, 0.717) is 0 Å². The van der Waals surface area contributed by atoms with Crippen molar-refractivity contribution >= 4 is 5.84 Å². The number of benzene rings is 1. The highest BCUT2D eigenvalue weighted by Gasteiger charge is 2.10. The minimum Gasteiger partial charge on any atom is -0.270 e. The zero-order valence-corrected chi connectivity index (χ0v) is 11.2. The fourth-order valence-electron chi connectivity index (χ4n) is 1.88. The molecule has 19 heavy (non-hydrogen) atoms. The number of aryl methyl sites for hydroxylation is 1. The topological polar surface area (TPSA) is 30.2 Å². The molecule has 0 radical (unpaired) electrons. The van der Waals surface area contributed by atoms with E-state index in [1.54, 1.807) is 13.1 Å². The number of hydrogen-bond donors (Lipinski definition) is 0. The van der Waals surface area contributed by atoms with E-state index in [4.69, 9.17) is 0 Å². The lowest BCUT2D eigenvalue weighted by Gasteiger charge is -2.06. The molecule has 1 aromatic carbocycles. The SMILES string of the molecule is C=C/C=C\C(=NC)n1nc(C)cc1-c1ccccc1. The summed E-state index contributed by atoms with van der Waals surface area (Å²) in [4.78, 5) is 4.28. The summed E-state index contributed by atoms with van der Waals surface area (Å²) in [6.45, 7) is 5.65. The number of allylic oxidation sites excluding steroid dienone is 3. The quantitative estimate of drug-likeness (QED) is 0.466. The molecule has 0 aliphatic carbocycles. The molecule has 96 valence electrons. The van der Waals surface area contributed by atoms with Gasteiger partial charge < -0.3 is 0 Å². The van der Waals surface area contributed by atoms with Crippen LogP contribution in [0.2, 0.25) is 0 Å². The van der Waals surface area contributed by atoms with Crippen molar-refractivity contribution in [2.75, 3.05) is 7.05 Å². The molecule has 0 unspecified atom stereocenters. The number of aromatic nitrogens is 2. The van der Waals surface area contributed by atoms with Crippen LogP contribution in [0, 0.1) is 6.92 Å². The van der Waals surface area contributed by atoms with Gasteiger partial charge in [-0.15, -0.1) is 0 Å². The molecule has 2 aromatic rings. The Labute approximate surface area is 113 Å². The van der Waals surface area contributed by atoms with Gasteiger partial charge in [-0.2, -0.15) is 5.10 Å². The van der Waals surface area contributed by atoms with Gasteiger partial charge in [0.05, 0.1) is 11.4 Å². The van der Waals surface area contributed by atoms with Crippen molar-refractivity contribution in [3.63, 3.8) is 0 Å². The third-order valence-electron chi connectivity index (χ3n) is 2.73. The molecule has 1 aromatic heterocycles. The maximum atomic E-state index is 4.51. The van der Waals surface area contributed by atoms with Crippen LogP contribution in [0.25, 0.3) is 11.3 Å². The summed E-state index contributed by atoms with van der Waals surface area (Å²) in [5.41, 5.74) is 3.12. The Hall–Kier alpha value is -2.42. The van der Waals surface area contributed by atoms with Crippen molar-refractivity contribution in [1.82, 2.24) is 9.78 Å². The van der Waals surface area contributed by atoms with Crippen LogP contribution in [0.4, 0.5) is 0 Å². The highest BCUT2D eigenvalue weighted by molar-refractivity contribution is 5.97. The van der Waals surface area contributed by atoms with Crippen molar-refractivity contribution in [3.05, 3.63) is 66.9 Å². The average molecular weight is 251 g/mol. The lowest BCUT2D eigenvalue weighted by Crippen LogP contribution is -2.12. The molecule has 1 heterocycles. The fraction of sp³-hybridized carbons (Fsp3) is 0.125. The first-order valence-corrected chi connectivity index (χ1v) is 6.14. The molecule has 0 aliphatic heterocycles. The number of nitrogens with zero attached hydrogens (tertiary/aromatic N) is 3. The Morgan fingerprint density at radius 3 is 2.68 bits per heavy atom. The summed E-state index contributed by atoms with van der Waals surface area (Å²) >= 11 is 0. The smallest absolute Gasteiger partial charge is 0.149 e. The van der Waals surface area contributed by atoms with Crippen molar-refractivity contribution in [2.45, 2.75) is 6.92 Å². The maximum absolute atomic E-state index is 4.51. The van der Waals surface area contributed by atoms with Gasteiger partial charge >= 0.3 is 0 Å². The predicted octanol–water partition coefficient (Wildman–Crippen LogP) is 3.48. The molecule has 3 nitrogen and oxygen atoms in total. The zero-order valence-electron chi connectivity index (χ0n) is 11.2. The third kappa shape index (κ3) is 2.88. The first-order chi connectivity index (χ1) is 9.26. The van der Waals surface area contributed by atoms with E-state index < -0.39 is 0 Å². The summed E-state index contributed by atoms with van der Waals surface area (Å²) < 4.78 is 1.85. The van der Waals surface area contributed by atoms with Gasteiger partial charge in [-0.1, -0.05) is 49.1 Å². The van der Waals surface area contributed by atoms with E-state index in [1.165, 1.54) is 0 Å². The Kier molecular flexibility index (Phi) is 4.08. The Bertz CT molecular complexity index is 619. The Balaban J connectivity index is 2.53. The number of aliphatic imine (C=N–C) groups is 1. The van der Waals surface area contributed by atoms with Gasteiger partial charge in [-0.3, -0.25) is 4.99 Å². The van der Waals surface area contributed by atoms with Crippen molar-refractivity contribution in [1.29, 1.82) is 0 Å². The zero-order chi connectivity index (χ0) is 13.7. The molecule has 0 atom stereocenters. The molecule has 0 saturated carbocycles. The molecule has 0 amide bonds. The average Bonchev–Trinajstić information content (AvgIpc) is 2.83. The molecule has 0 fully saturated rings. The van der Waals surface area contributed by atoms with E-state index in [2.05, 4.69) is 34.9 Å². The van der Waals surface area contributed by atoms with Crippen molar-refractivity contribution in [2.24, 2.45) is 4.99 Å². The molecule has 0 N–H and O–H groups in total. The second-order valence-electron chi connectivity index (χ2n) is 4.13. The molecule has 0 bridgehead atoms. The van der Waals surface area contributed by atoms with Gasteiger partial charge in [-0.05, 0) is 19.1 Å². The van der Waals surface area contributed by atoms with Crippen LogP contribution in [0.3, 0.4) is 0 Å². The Morgan fingerprint density at radius 1 is 1.32 bits per heavy atom. The number of rotatable bonds is 3. The summed E-state index contributed by atoms with van der Waals surface area (Å²) in [5, 5.41) is 4.51. The van der Waals surface area contributed by atoms with Gasteiger partial charge in [0, 0.05) is 12.6 Å². The summed E-state index contributed by atoms with van der Waals surface area (Å²) in [5.74, 6) is 0.784. The molecular weight excluding hydrogens is 234 g/mol. The maximum Gasteiger partial charge on any atom is 0.149 e. The minimum absolute atomic E-state index is 0.784. The van der Waals surface area contributed by atoms with E-state index in [9.17, 15) is 0 Å². The van der Waals surface area contributed by atoms with Gasteiger partial charge in [0.25, 0.3) is 0 Å². The first-order valence-electron chi connectivity index (χ1n) is 6.14. The summed E-state index contributed by atoms with van der Waals surface area (Å²) in [6.07, 6.45) is 5.48. The highest BCUT2D eigenvalue weighted by atomic mass is 15.3. The molecule has 0 spiro atoms. The predicted molar refractivity (Wildman–Crippen MR) is 80.5 cm³/mol. The first kappa shape index (κ1) is 13.0. The van der Waals surface area contributed by atoms with E-state index in [0.717, 1.165) is 22.8 Å². The molecule has 3 heteroatoms. The third-order valence-corrected chi connectivity index (χ3v) is 2.73. The van der Waals surface area contributed by atoms with Crippen LogP contribution in [0.5, 0.6) is 0 Å². The van der Waals surface area contributed by atoms with Gasteiger partial charge in [0.15, 0.2) is 0 Å². The van der Waals surface area contributed by atoms with Crippen molar-refractivity contribution in [3.8, 4) is 11.3 Å². The Morgan fingerprint density at radius 2 is 2.05 bits per heavy atom. The lowest BCUT2D eigenvalue weighted by atomic mass is 10.1. The normalized spacial score (nSPS) is 12.0. The van der Waals surface area contributed by atoms with Gasteiger partial charge in [-0.25, -0.2) is 4.68 Å². The molecule has 2 rings (SSSR count). The molecule has 0 aliphatic rings. The number of hydrogen-bond acceptors (Lipinski definition) is 2. The van der Waals surface area contributed by atoms with Crippen molar-refractivity contribution < 1.29 is 0 Å². The largest absolute Gasteiger partial charge is 0.270 e. The van der Waals surface area contributed by atoms with E-state index in [-0.39, 0.29) is 0 Å². The van der Waals surface area contributed by atoms with E-state index in [1.807, 2.05) is 42.0 Å². The summed E-state index contributed by atoms with van der Waals surface area (Å²) in [7, 11) is 1.76. The second-order valence-corrected chi connectivity index (χ2v) is 4.13. The van der Waals surface area contributed by atoms with Crippen LogP contribution in [-0.4, -0.2) is 22.7 Å². The van der Waals surface area contributed by atoms with Gasteiger partial charge in [0.2, 0.25) is 0 Å². The second kappa shape index (κ2) is 5.96. The standard InChI is InChI=1S/C16H17N3/c1-4-5-11-16(17-3)19-15(12-13(2)18-19)14-9-7-6-8-10-14/h4-12H,1H2,2-3H3/b11-5-,17-16?. The van der Waals surface area contributed by atoms with Crippen LogP contribution >= 0.6 is 0 Å². The monoisotopic (exact) mass is 251 g/mol. The highest BCUT2D eigenvalue weighted by Crippen LogP contribution is 2.20. The lowest BCUT2D eigenvalue weighted by molar-refractivity contribution is 0.917. The summed E-state index contributed by atoms with van der Waals surface area (Å²) in [6, 6.07) is 12.2.